The topological polar surface area (TPSA) is 1040 Å². The summed E-state index contributed by atoms with van der Waals surface area (Å²) in [5.74, 6) is -16.2. The summed E-state index contributed by atoms with van der Waals surface area (Å²) in [5.41, 5.74) is 0. The van der Waals surface area contributed by atoms with E-state index in [0.717, 1.165) is 34.6 Å². The van der Waals surface area contributed by atoms with E-state index in [0.29, 0.717) is 0 Å². The molecule has 5 amide bonds. The van der Waals surface area contributed by atoms with Crippen LogP contribution in [0, 0.1) is 0 Å². The molecular weight excluding hydrogens is 2030 g/mol. The lowest BCUT2D eigenvalue weighted by molar-refractivity contribution is -0.398. The van der Waals surface area contributed by atoms with Gasteiger partial charge in [-0.1, -0.05) is 0 Å². The van der Waals surface area contributed by atoms with E-state index in [1.54, 1.807) is 0 Å². The molecule has 0 spiro atoms. The van der Waals surface area contributed by atoms with Crippen molar-refractivity contribution in [1.82, 2.24) is 26.6 Å². The maximum Gasteiger partial charge on any atom is 0.364 e. The normalized spacial score (nSPS) is 47.0. The minimum Gasteiger partial charge on any atom is -0.477 e. The van der Waals surface area contributed by atoms with Crippen LogP contribution in [0.1, 0.15) is 54.4 Å². The van der Waals surface area contributed by atoms with E-state index < -0.39 is 469 Å². The van der Waals surface area contributed by atoms with Gasteiger partial charge < -0.3 is 295 Å². The van der Waals surface area contributed by atoms with Crippen molar-refractivity contribution < 1.29 is 302 Å². The molecule has 38 N–H and O–H groups in total. The van der Waals surface area contributed by atoms with Crippen LogP contribution < -0.4 is 26.6 Å². The predicted octanol–water partition coefficient (Wildman–Crippen LogP) is -24.8. The molecular formula is C82H135N5O61. The molecule has 148 heavy (non-hydrogen) atoms. The fraction of sp³-hybridized carbons (Fsp3) is 0.915. The smallest absolute Gasteiger partial charge is 0.364 e. The summed E-state index contributed by atoms with van der Waals surface area (Å²) >= 11 is 0. The summed E-state index contributed by atoms with van der Waals surface area (Å²) in [6.07, 6.45) is -114. The van der Waals surface area contributed by atoms with Gasteiger partial charge in [0.15, 0.2) is 56.6 Å². The molecule has 0 unspecified atom stereocenters. The maximum absolute atomic E-state index is 13.6. The highest BCUT2D eigenvalue weighted by molar-refractivity contribution is 5.78. The molecule has 0 radical (unpaired) electrons. The van der Waals surface area contributed by atoms with Crippen molar-refractivity contribution in [2.75, 3.05) is 66.1 Å². The molecule has 11 heterocycles. The lowest BCUT2D eigenvalue weighted by Gasteiger charge is -2.51. The van der Waals surface area contributed by atoms with Crippen molar-refractivity contribution in [2.45, 2.75) is 403 Å². The average Bonchev–Trinajstić information content (AvgIpc) is 0.749. The van der Waals surface area contributed by atoms with Gasteiger partial charge in [-0.2, -0.15) is 0 Å². The first-order valence-electron chi connectivity index (χ1n) is 46.8. The Morgan fingerprint density at radius 1 is 0.304 bits per heavy atom. The zero-order valence-corrected chi connectivity index (χ0v) is 79.4. The van der Waals surface area contributed by atoms with Gasteiger partial charge in [0.25, 0.3) is 11.6 Å². The second kappa shape index (κ2) is 52.4. The molecule has 11 rings (SSSR count). The highest BCUT2D eigenvalue weighted by atomic mass is 16.8. The van der Waals surface area contributed by atoms with E-state index >= 15 is 0 Å². The maximum atomic E-state index is 13.6. The molecule has 11 aliphatic rings. The number of carbonyl (C=O) groups is 7. The van der Waals surface area contributed by atoms with Gasteiger partial charge in [0.05, 0.1) is 96.5 Å². The van der Waals surface area contributed by atoms with Crippen molar-refractivity contribution in [3.63, 3.8) is 0 Å². The first-order valence-corrected chi connectivity index (χ1v) is 46.8. The fourth-order valence-electron chi connectivity index (χ4n) is 19.0. The molecule has 66 heteroatoms. The van der Waals surface area contributed by atoms with Gasteiger partial charge in [-0.3, -0.25) is 24.0 Å². The number of nitrogens with one attached hydrogen (secondary N) is 5. The standard InChI is InChI=1S/C82H135N5O61/c1-19-42(103)53(114)57(118)73(131-19)129-17-36-64(50(111)39(70(123)132-36)85-22(4)97)140-71-40(86-23(5)98)51(112)63(33(15-94)136-71)142-77-61(122)68(49(110)34(138-77)16-128-74-60(121)67(47(108)30(12-91)133-74)143-75-58(119)54(115)44(105)28(10-89)134-75)144-78-69(56(117)45(106)29(11-90)135-78)145-72-41(87-24(6)99)52(113)62(32(14-93)137-72)141-76-59(120)55(116)46(107)35(139-76)18-130-81(79(124)125)7-25(100)38(84-21(3)96)66(147-81)48(109)31(13-92)146-82(80(126)127)8-26(101)37(83-20(2)95)65(148-82)43(104)27(102)9-88/h19,25-78,88-94,100-123H,7-18H2,1-6H3,(H,83,95)(H,84,96)(H,85,97)(H,86,98)(H,87,99)(H,124,125)(H,126,127)/t19-,25+,26+,27-,28-,29-,30-,31-,32-,33-,34-,35-,36-,37-,38-,39-,40-,41-,42+,43-,44-,45-,46+,47-,48-,49-,50-,51-,52-,53+,54+,55+,56+,57-,58+,59-,60+,61+,62-,63-,64-,65-,66-,67+,68+,69+,70-,71+,72+,73+,74+,75-,76+,77+,78-,81-,82-/m1/s1. The van der Waals surface area contributed by atoms with Gasteiger partial charge >= 0.3 is 11.9 Å². The first-order chi connectivity index (χ1) is 69.6. The molecule has 66 nitrogen and oxygen atoms in total. The third-order valence-corrected chi connectivity index (χ3v) is 26.9. The van der Waals surface area contributed by atoms with Crippen molar-refractivity contribution in [3.05, 3.63) is 0 Å². The van der Waals surface area contributed by atoms with Gasteiger partial charge in [-0.25, -0.2) is 9.59 Å². The second-order valence-electron chi connectivity index (χ2n) is 37.4. The van der Waals surface area contributed by atoms with E-state index in [1.807, 2.05) is 0 Å². The number of aliphatic carboxylic acids is 2. The lowest BCUT2D eigenvalue weighted by Crippen LogP contribution is -2.71. The Morgan fingerprint density at radius 3 is 1.11 bits per heavy atom. The Kier molecular flexibility index (Phi) is 43.3. The molecule has 57 atom stereocenters. The van der Waals surface area contributed by atoms with Crippen molar-refractivity contribution >= 4 is 41.5 Å². The van der Waals surface area contributed by atoms with Crippen LogP contribution in [0.2, 0.25) is 0 Å². The van der Waals surface area contributed by atoms with Gasteiger partial charge in [0.1, 0.15) is 250 Å². The van der Waals surface area contributed by atoms with Crippen LogP contribution >= 0.6 is 0 Å². The molecule has 0 saturated carbocycles. The number of rotatable bonds is 41. The third-order valence-electron chi connectivity index (χ3n) is 26.9. The van der Waals surface area contributed by atoms with E-state index in [4.69, 9.17) is 99.5 Å². The summed E-state index contributed by atoms with van der Waals surface area (Å²) in [5, 5.41) is 383. The average molecular weight is 2170 g/mol. The zero-order valence-electron chi connectivity index (χ0n) is 79.4. The number of carboxylic acids is 2. The summed E-state index contributed by atoms with van der Waals surface area (Å²) < 4.78 is 123. The molecule has 854 valence electrons. The molecule has 0 aliphatic carbocycles. The van der Waals surface area contributed by atoms with E-state index in [-0.39, 0.29) is 0 Å². The Bertz CT molecular complexity index is 4260. The molecule has 0 aromatic heterocycles. The highest BCUT2D eigenvalue weighted by Crippen LogP contribution is 2.44. The van der Waals surface area contributed by atoms with Crippen LogP contribution in [0.3, 0.4) is 0 Å². The number of hydrogen-bond donors (Lipinski definition) is 38. The minimum absolute atomic E-state index is 0.823. The third kappa shape index (κ3) is 27.0. The largest absolute Gasteiger partial charge is 0.477 e. The Balaban J connectivity index is 0.866. The monoisotopic (exact) mass is 2170 g/mol. The second-order valence-corrected chi connectivity index (χ2v) is 37.4. The lowest BCUT2D eigenvalue weighted by atomic mass is 9.87. The Morgan fingerprint density at radius 2 is 0.635 bits per heavy atom. The van der Waals surface area contributed by atoms with Crippen LogP contribution in [0.4, 0.5) is 0 Å². The molecule has 0 aromatic carbocycles. The summed E-state index contributed by atoms with van der Waals surface area (Å²) in [6.45, 7) is -6.72. The molecule has 11 saturated heterocycles. The van der Waals surface area contributed by atoms with Gasteiger partial charge in [0, 0.05) is 47.5 Å². The number of hydrogen-bond acceptors (Lipinski definition) is 59. The van der Waals surface area contributed by atoms with E-state index in [9.17, 15) is 202 Å². The zero-order chi connectivity index (χ0) is 110. The van der Waals surface area contributed by atoms with Crippen molar-refractivity contribution in [2.24, 2.45) is 0 Å². The minimum atomic E-state index is -3.41. The molecule has 0 aromatic rings. The van der Waals surface area contributed by atoms with E-state index in [2.05, 4.69) is 26.6 Å². The summed E-state index contributed by atoms with van der Waals surface area (Å²) in [7, 11) is 0. The predicted molar refractivity (Wildman–Crippen MR) is 453 cm³/mol. The SMILES string of the molecule is CC(=O)N[C@@H]1[C@@H](O)[C@H](O[C@@H]2O[C@H](CO)[C@@H](O[C@@H]3O[C@H](CO[C@H]4O[C@H](CO)[C@@H](O)[C@H](O[C@H]5O[C@H](CO)[C@@H](O)[C@H](O)[C@@H]5O)[C@@H]4O)[C@@H](O)[C@H](O[C@H]4O[C@H](CO)[C@@H](O)[C@H](O)[C@@H]4O[C@@H]4O[C@H](CO)[C@@H](O[C@@H]5O[C@H](CO[C@]6(C(=O)O)C[C@H](O)[C@@H](NC(C)=O)[C@H]([C@H](O)[C@@H](CO)O[C@]7(C(=O)O)C[C@H](O)[C@@H](NC(C)=O)[C@H]([C@H](O)[C@H](O)CO)O7)O6)[C@H](O)[C@H](O)[C@H]5O)[C@H](O)[C@H]4NC(C)=O)[C@@H]3O)[C@H](O)[C@H]2NC(C)=O)[C@@H](CO[C@H]2O[C@H](C)[C@H](O)[C@H](O)[C@H]2O)O[C@H]1O. The van der Waals surface area contributed by atoms with Crippen LogP contribution in [0.5, 0.6) is 0 Å². The molecule has 0 bridgehead atoms. The highest BCUT2D eigenvalue weighted by Gasteiger charge is 2.65. The van der Waals surface area contributed by atoms with Crippen LogP contribution in [0.25, 0.3) is 0 Å². The van der Waals surface area contributed by atoms with Gasteiger partial charge in [-0.15, -0.1) is 0 Å². The van der Waals surface area contributed by atoms with Crippen molar-refractivity contribution in [1.29, 1.82) is 0 Å². The van der Waals surface area contributed by atoms with Crippen LogP contribution in [0.15, 0.2) is 0 Å². The molecule has 11 aliphatic heterocycles. The number of carbonyl (C=O) groups excluding carboxylic acids is 5. The number of carboxylic acid groups (broad SMARTS) is 2. The first kappa shape index (κ1) is 122. The summed E-state index contributed by atoms with van der Waals surface area (Å²) in [6, 6.07) is -9.88. The fourth-order valence-corrected chi connectivity index (χ4v) is 19.0. The van der Waals surface area contributed by atoms with Crippen molar-refractivity contribution in [3.8, 4) is 0 Å². The van der Waals surface area contributed by atoms with Crippen LogP contribution in [-0.4, -0.2) is 625 Å². The Labute approximate surface area is 836 Å². The van der Waals surface area contributed by atoms with E-state index in [1.165, 1.54) is 6.92 Å². The van der Waals surface area contributed by atoms with Gasteiger partial charge in [-0.05, 0) is 6.92 Å². The summed E-state index contributed by atoms with van der Waals surface area (Å²) in [4.78, 5) is 91.0. The van der Waals surface area contributed by atoms with Crippen LogP contribution in [-0.2, 0) is 133 Å². The Hall–Kier alpha value is -5.79. The van der Waals surface area contributed by atoms with Gasteiger partial charge in [0.2, 0.25) is 29.5 Å². The number of ether oxygens (including phenoxy) is 21. The quantitative estimate of drug-likeness (QED) is 0.0270. The molecule has 11 fully saturated rings. The number of aliphatic hydroxyl groups is 31. The number of aliphatic hydroxyl groups excluding tert-OH is 31. The number of amides is 5.